The van der Waals surface area contributed by atoms with E-state index in [1.807, 2.05) is 0 Å². The van der Waals surface area contributed by atoms with Gasteiger partial charge in [-0.05, 0) is 92.1 Å². The maximum atomic E-state index is 12.2. The molecule has 9 heteroatoms. The zero-order chi connectivity index (χ0) is 23.8. The molecule has 1 heterocycles. The molecule has 0 bridgehead atoms. The molecule has 1 aromatic heterocycles. The average molecular weight is 483 g/mol. The van der Waals surface area contributed by atoms with Crippen LogP contribution in [0, 0.1) is 28.6 Å². The van der Waals surface area contributed by atoms with E-state index in [0.29, 0.717) is 32.1 Å². The van der Waals surface area contributed by atoms with Gasteiger partial charge in [-0.15, -0.1) is 0 Å². The molecule has 8 nitrogen and oxygen atoms in total. The summed E-state index contributed by atoms with van der Waals surface area (Å²) in [5.41, 5.74) is -1.23. The van der Waals surface area contributed by atoms with Gasteiger partial charge in [-0.2, -0.15) is 8.42 Å². The van der Waals surface area contributed by atoms with E-state index >= 15 is 0 Å². The standard InChI is InChI=1S/C24H34O8S/c1-22-9-7-16(32-33(28,29)30)11-15(22)4-5-18-21(22)19(25)12-23(2)17(8-10-24(18,23)27)14-3-6-20(26)31-13-14/h3,6,13,15-19,21,25,27H,4-5,7-12H2,1-2H3,(H,28,29,30)/t15-,16+,17-,18+,19-,21-,22+,23-,24+/m1/s1. The Kier molecular flexibility index (Phi) is 5.42. The molecular weight excluding hydrogens is 448 g/mol. The number of hydrogen-bond donors (Lipinski definition) is 3. The highest BCUT2D eigenvalue weighted by molar-refractivity contribution is 7.80. The van der Waals surface area contributed by atoms with Crippen LogP contribution in [0.2, 0.25) is 0 Å². The van der Waals surface area contributed by atoms with Gasteiger partial charge in [0.1, 0.15) is 0 Å². The lowest BCUT2D eigenvalue weighted by molar-refractivity contribution is -0.239. The van der Waals surface area contributed by atoms with Crippen LogP contribution in [0.15, 0.2) is 27.6 Å². The van der Waals surface area contributed by atoms with Crippen molar-refractivity contribution in [2.24, 2.45) is 28.6 Å². The van der Waals surface area contributed by atoms with Gasteiger partial charge in [0, 0.05) is 11.5 Å². The third-order valence-electron chi connectivity index (χ3n) is 10.1. The van der Waals surface area contributed by atoms with Crippen molar-refractivity contribution in [3.63, 3.8) is 0 Å². The summed E-state index contributed by atoms with van der Waals surface area (Å²) in [5, 5.41) is 23.8. The molecule has 0 radical (unpaired) electrons. The Morgan fingerprint density at radius 3 is 2.55 bits per heavy atom. The van der Waals surface area contributed by atoms with Crippen molar-refractivity contribution in [1.29, 1.82) is 0 Å². The first-order valence-electron chi connectivity index (χ1n) is 12.0. The summed E-state index contributed by atoms with van der Waals surface area (Å²) in [6.07, 6.45) is 5.47. The molecule has 0 saturated heterocycles. The molecule has 4 fully saturated rings. The fraction of sp³-hybridized carbons (Fsp3) is 0.792. The van der Waals surface area contributed by atoms with Crippen molar-refractivity contribution in [2.45, 2.75) is 88.9 Å². The second kappa shape index (κ2) is 7.62. The minimum atomic E-state index is -4.50. The van der Waals surface area contributed by atoms with Gasteiger partial charge < -0.3 is 14.6 Å². The van der Waals surface area contributed by atoms with E-state index in [0.717, 1.165) is 24.8 Å². The molecule has 0 unspecified atom stereocenters. The van der Waals surface area contributed by atoms with E-state index in [9.17, 15) is 23.4 Å². The van der Waals surface area contributed by atoms with Crippen molar-refractivity contribution in [1.82, 2.24) is 0 Å². The quantitative estimate of drug-likeness (QED) is 0.560. The largest absolute Gasteiger partial charge is 0.431 e. The van der Waals surface area contributed by atoms with E-state index in [-0.39, 0.29) is 29.1 Å². The first kappa shape index (κ1) is 23.5. The lowest BCUT2D eigenvalue weighted by Crippen LogP contribution is -2.66. The number of aliphatic hydroxyl groups is 2. The Balaban J connectivity index is 1.44. The molecule has 5 rings (SSSR count). The lowest BCUT2D eigenvalue weighted by atomic mass is 9.42. The molecule has 1 aromatic rings. The molecule has 0 spiro atoms. The Hall–Kier alpha value is -1.26. The van der Waals surface area contributed by atoms with Gasteiger partial charge in [-0.3, -0.25) is 4.55 Å². The molecule has 3 N–H and O–H groups in total. The molecule has 184 valence electrons. The molecule has 4 aliphatic carbocycles. The van der Waals surface area contributed by atoms with Crippen LogP contribution < -0.4 is 5.63 Å². The van der Waals surface area contributed by atoms with Gasteiger partial charge in [0.05, 0.1) is 24.1 Å². The van der Waals surface area contributed by atoms with E-state index in [1.54, 1.807) is 6.07 Å². The second-order valence-electron chi connectivity index (χ2n) is 11.4. The topological polar surface area (TPSA) is 134 Å². The predicted octanol–water partition coefficient (Wildman–Crippen LogP) is 3.04. The van der Waals surface area contributed by atoms with Crippen LogP contribution >= 0.6 is 0 Å². The fourth-order valence-corrected chi connectivity index (χ4v) is 9.17. The fourth-order valence-electron chi connectivity index (χ4n) is 8.65. The Morgan fingerprint density at radius 2 is 1.88 bits per heavy atom. The summed E-state index contributed by atoms with van der Waals surface area (Å²) in [6, 6.07) is 3.19. The average Bonchev–Trinajstić information content (AvgIpc) is 2.99. The zero-order valence-electron chi connectivity index (χ0n) is 19.1. The molecule has 0 amide bonds. The zero-order valence-corrected chi connectivity index (χ0v) is 20.0. The minimum Gasteiger partial charge on any atom is -0.431 e. The van der Waals surface area contributed by atoms with Gasteiger partial charge in [0.2, 0.25) is 0 Å². The third-order valence-corrected chi connectivity index (χ3v) is 10.6. The molecule has 0 aromatic carbocycles. The highest BCUT2D eigenvalue weighted by atomic mass is 32.3. The van der Waals surface area contributed by atoms with Crippen LogP contribution in [0.4, 0.5) is 0 Å². The van der Waals surface area contributed by atoms with Crippen LogP contribution in [0.25, 0.3) is 0 Å². The molecule has 4 aliphatic rings. The SMILES string of the molecule is C[C@]12CC[C@H](OS(=O)(=O)O)C[C@H]1CC[C@H]1[C@@H]2[C@H](O)C[C@]2(C)[C@@H](c3ccc(=O)oc3)CC[C@]12O. The van der Waals surface area contributed by atoms with E-state index < -0.39 is 39.2 Å². The third kappa shape index (κ3) is 3.54. The van der Waals surface area contributed by atoms with Crippen molar-refractivity contribution in [3.05, 3.63) is 34.4 Å². The molecule has 4 saturated carbocycles. The maximum Gasteiger partial charge on any atom is 0.397 e. The van der Waals surface area contributed by atoms with Crippen molar-refractivity contribution in [3.8, 4) is 0 Å². The predicted molar refractivity (Wildman–Crippen MR) is 119 cm³/mol. The van der Waals surface area contributed by atoms with Crippen molar-refractivity contribution >= 4 is 10.4 Å². The molecule has 9 atom stereocenters. The lowest BCUT2D eigenvalue weighted by Gasteiger charge is -2.65. The highest BCUT2D eigenvalue weighted by Gasteiger charge is 2.69. The minimum absolute atomic E-state index is 0.00752. The highest BCUT2D eigenvalue weighted by Crippen LogP contribution is 2.70. The van der Waals surface area contributed by atoms with Gasteiger partial charge in [0.15, 0.2) is 0 Å². The van der Waals surface area contributed by atoms with Crippen LogP contribution in [0.5, 0.6) is 0 Å². The maximum absolute atomic E-state index is 12.2. The van der Waals surface area contributed by atoms with Crippen molar-refractivity contribution in [2.75, 3.05) is 0 Å². The van der Waals surface area contributed by atoms with E-state index in [4.69, 9.17) is 13.2 Å². The number of hydrogen-bond acceptors (Lipinski definition) is 7. The second-order valence-corrected chi connectivity index (χ2v) is 12.5. The van der Waals surface area contributed by atoms with Crippen LogP contribution in [-0.4, -0.2) is 41.0 Å². The summed E-state index contributed by atoms with van der Waals surface area (Å²) in [6.45, 7) is 4.24. The van der Waals surface area contributed by atoms with Crippen LogP contribution in [0.3, 0.4) is 0 Å². The van der Waals surface area contributed by atoms with Crippen molar-refractivity contribution < 1.29 is 31.8 Å². The van der Waals surface area contributed by atoms with E-state index in [1.165, 1.54) is 12.3 Å². The first-order valence-corrected chi connectivity index (χ1v) is 13.4. The van der Waals surface area contributed by atoms with Gasteiger partial charge in [-0.1, -0.05) is 13.8 Å². The summed E-state index contributed by atoms with van der Waals surface area (Å²) >= 11 is 0. The monoisotopic (exact) mass is 482 g/mol. The molecule has 0 aliphatic heterocycles. The molecular formula is C24H34O8S. The van der Waals surface area contributed by atoms with Gasteiger partial charge >= 0.3 is 16.0 Å². The summed E-state index contributed by atoms with van der Waals surface area (Å²) in [7, 11) is -4.50. The number of rotatable bonds is 3. The number of aliphatic hydroxyl groups excluding tert-OH is 1. The Bertz CT molecular complexity index is 1060. The smallest absolute Gasteiger partial charge is 0.397 e. The first-order chi connectivity index (χ1) is 15.4. The molecule has 33 heavy (non-hydrogen) atoms. The summed E-state index contributed by atoms with van der Waals surface area (Å²) < 4.78 is 41.6. The Labute approximate surface area is 194 Å². The normalized spacial score (nSPS) is 47.4. The summed E-state index contributed by atoms with van der Waals surface area (Å²) in [5.74, 6) is -0.00458. The van der Waals surface area contributed by atoms with Gasteiger partial charge in [-0.25, -0.2) is 8.98 Å². The Morgan fingerprint density at radius 1 is 1.12 bits per heavy atom. The number of fused-ring (bicyclic) bond motifs is 5. The van der Waals surface area contributed by atoms with E-state index in [2.05, 4.69) is 13.8 Å². The summed E-state index contributed by atoms with van der Waals surface area (Å²) in [4.78, 5) is 11.5. The van der Waals surface area contributed by atoms with Crippen LogP contribution in [0.1, 0.15) is 76.7 Å². The van der Waals surface area contributed by atoms with Gasteiger partial charge in [0.25, 0.3) is 0 Å². The van der Waals surface area contributed by atoms with Crippen LogP contribution in [-0.2, 0) is 14.6 Å².